The van der Waals surface area contributed by atoms with Crippen LogP contribution in [0.5, 0.6) is 0 Å². The smallest absolute Gasteiger partial charge is 0.179 e. The third-order valence-electron chi connectivity index (χ3n) is 3.27. The van der Waals surface area contributed by atoms with Crippen molar-refractivity contribution in [2.24, 2.45) is 0 Å². The summed E-state index contributed by atoms with van der Waals surface area (Å²) in [6.45, 7) is 1.96. The first-order chi connectivity index (χ1) is 8.46. The minimum absolute atomic E-state index is 0.0912. The van der Waals surface area contributed by atoms with E-state index in [2.05, 4.69) is 9.97 Å². The molecule has 1 aliphatic heterocycles. The van der Waals surface area contributed by atoms with Crippen molar-refractivity contribution >= 4 is 33.2 Å². The zero-order valence-corrected chi connectivity index (χ0v) is 11.5. The van der Waals surface area contributed by atoms with Crippen LogP contribution in [0.15, 0.2) is 12.3 Å². The Morgan fingerprint density at radius 2 is 2.33 bits per heavy atom. The van der Waals surface area contributed by atoms with Gasteiger partial charge in [0.1, 0.15) is 0 Å². The fraction of sp³-hybridized carbons (Fsp3) is 0.455. The van der Waals surface area contributed by atoms with Crippen LogP contribution in [-0.2, 0) is 9.84 Å². The van der Waals surface area contributed by atoms with E-state index >= 15 is 0 Å². The molecular formula is C11H13N3O2S2. The monoisotopic (exact) mass is 283 g/mol. The van der Waals surface area contributed by atoms with E-state index in [1.165, 1.54) is 0 Å². The average Bonchev–Trinajstić information content (AvgIpc) is 2.77. The highest BCUT2D eigenvalue weighted by Crippen LogP contribution is 2.27. The Morgan fingerprint density at radius 1 is 1.56 bits per heavy atom. The topological polar surface area (TPSA) is 67.8 Å². The molecule has 0 bridgehead atoms. The molecule has 3 heterocycles. The Bertz CT molecular complexity index is 773. The fourth-order valence-corrected chi connectivity index (χ4v) is 4.48. The van der Waals surface area contributed by atoms with E-state index in [4.69, 9.17) is 12.2 Å². The van der Waals surface area contributed by atoms with Gasteiger partial charge in [-0.2, -0.15) is 0 Å². The normalized spacial score (nSPS) is 22.6. The van der Waals surface area contributed by atoms with Crippen molar-refractivity contribution in [1.29, 1.82) is 0 Å². The highest BCUT2D eigenvalue weighted by atomic mass is 32.2. The lowest BCUT2D eigenvalue weighted by Crippen LogP contribution is -2.11. The van der Waals surface area contributed by atoms with Crippen LogP contribution in [0.2, 0.25) is 0 Å². The van der Waals surface area contributed by atoms with Gasteiger partial charge in [0.2, 0.25) is 0 Å². The van der Waals surface area contributed by atoms with Gasteiger partial charge in [-0.3, -0.25) is 4.57 Å². The summed E-state index contributed by atoms with van der Waals surface area (Å²) in [5, 5.41) is 0. The number of hydrogen-bond acceptors (Lipinski definition) is 4. The second-order valence-corrected chi connectivity index (χ2v) is 7.36. The molecular weight excluding hydrogens is 270 g/mol. The largest absolute Gasteiger partial charge is 0.329 e. The molecule has 0 spiro atoms. The zero-order chi connectivity index (χ0) is 12.9. The van der Waals surface area contributed by atoms with Crippen molar-refractivity contribution in [3.63, 3.8) is 0 Å². The fourth-order valence-electron chi connectivity index (χ4n) is 2.44. The van der Waals surface area contributed by atoms with Crippen LogP contribution < -0.4 is 0 Å². The summed E-state index contributed by atoms with van der Waals surface area (Å²) in [5.74, 6) is 0.391. The molecule has 1 fully saturated rings. The van der Waals surface area contributed by atoms with Crippen LogP contribution in [-0.4, -0.2) is 34.5 Å². The SMILES string of the molecule is Cc1cnc2c(c1)[nH]c(=S)n2C1CCS(=O)(=O)C1. The Labute approximate surface area is 110 Å². The molecule has 1 aliphatic rings. The van der Waals surface area contributed by atoms with E-state index < -0.39 is 9.84 Å². The van der Waals surface area contributed by atoms with Gasteiger partial charge in [-0.1, -0.05) is 0 Å². The molecule has 2 aromatic heterocycles. The minimum Gasteiger partial charge on any atom is -0.329 e. The van der Waals surface area contributed by atoms with E-state index in [9.17, 15) is 8.42 Å². The molecule has 2 aromatic rings. The lowest BCUT2D eigenvalue weighted by atomic mass is 10.2. The molecule has 1 N–H and O–H groups in total. The summed E-state index contributed by atoms with van der Waals surface area (Å²) in [6, 6.07) is 1.88. The maximum Gasteiger partial charge on any atom is 0.179 e. The number of aryl methyl sites for hydroxylation is 1. The van der Waals surface area contributed by atoms with Gasteiger partial charge in [-0.05, 0) is 37.2 Å². The van der Waals surface area contributed by atoms with Crippen LogP contribution in [0.25, 0.3) is 11.2 Å². The standard InChI is InChI=1S/C11H13N3O2S2/c1-7-4-9-10(12-5-7)14(11(17)13-9)8-2-3-18(15,16)6-8/h4-5,8H,2-3,6H2,1H3,(H,13,17). The van der Waals surface area contributed by atoms with Gasteiger partial charge in [-0.25, -0.2) is 13.4 Å². The number of nitrogens with one attached hydrogen (secondary N) is 1. The molecule has 1 unspecified atom stereocenters. The third kappa shape index (κ3) is 1.87. The van der Waals surface area contributed by atoms with E-state index in [1.54, 1.807) is 6.20 Å². The second-order valence-electron chi connectivity index (χ2n) is 4.74. The van der Waals surface area contributed by atoms with Crippen molar-refractivity contribution in [2.45, 2.75) is 19.4 Å². The number of pyridine rings is 1. The summed E-state index contributed by atoms with van der Waals surface area (Å²) in [5.41, 5.74) is 2.65. The maximum absolute atomic E-state index is 11.6. The summed E-state index contributed by atoms with van der Waals surface area (Å²) >= 11 is 5.28. The van der Waals surface area contributed by atoms with Crippen molar-refractivity contribution < 1.29 is 8.42 Å². The highest BCUT2D eigenvalue weighted by Gasteiger charge is 2.30. The van der Waals surface area contributed by atoms with Crippen LogP contribution in [0.1, 0.15) is 18.0 Å². The number of fused-ring (bicyclic) bond motifs is 1. The average molecular weight is 283 g/mol. The molecule has 7 heteroatoms. The van der Waals surface area contributed by atoms with Crippen molar-refractivity contribution in [1.82, 2.24) is 14.5 Å². The van der Waals surface area contributed by atoms with E-state index in [1.807, 2.05) is 17.6 Å². The zero-order valence-electron chi connectivity index (χ0n) is 9.88. The predicted octanol–water partition coefficient (Wildman–Crippen LogP) is 1.76. The van der Waals surface area contributed by atoms with Gasteiger partial charge >= 0.3 is 0 Å². The lowest BCUT2D eigenvalue weighted by Gasteiger charge is -2.10. The molecule has 0 saturated carbocycles. The van der Waals surface area contributed by atoms with Crippen LogP contribution in [0.4, 0.5) is 0 Å². The number of rotatable bonds is 1. The molecule has 3 rings (SSSR count). The number of hydrogen-bond donors (Lipinski definition) is 1. The van der Waals surface area contributed by atoms with Crippen molar-refractivity contribution in [2.75, 3.05) is 11.5 Å². The van der Waals surface area contributed by atoms with Gasteiger partial charge in [0.25, 0.3) is 0 Å². The molecule has 0 radical (unpaired) electrons. The third-order valence-corrected chi connectivity index (χ3v) is 5.31. The quantitative estimate of drug-likeness (QED) is 0.810. The summed E-state index contributed by atoms with van der Waals surface area (Å²) in [4.78, 5) is 7.46. The van der Waals surface area contributed by atoms with Crippen molar-refractivity contribution in [3.05, 3.63) is 22.6 Å². The van der Waals surface area contributed by atoms with E-state index in [0.29, 0.717) is 11.2 Å². The highest BCUT2D eigenvalue weighted by molar-refractivity contribution is 7.91. The van der Waals surface area contributed by atoms with Crippen LogP contribution >= 0.6 is 12.2 Å². The lowest BCUT2D eigenvalue weighted by molar-refractivity contribution is 0.560. The number of nitrogens with zero attached hydrogens (tertiary/aromatic N) is 2. The molecule has 1 saturated heterocycles. The van der Waals surface area contributed by atoms with Gasteiger partial charge < -0.3 is 4.98 Å². The molecule has 96 valence electrons. The molecule has 5 nitrogen and oxygen atoms in total. The maximum atomic E-state index is 11.6. The number of aromatic nitrogens is 3. The number of imidazole rings is 1. The molecule has 1 atom stereocenters. The van der Waals surface area contributed by atoms with E-state index in [-0.39, 0.29) is 17.5 Å². The number of sulfone groups is 1. The summed E-state index contributed by atoms with van der Waals surface area (Å²) < 4.78 is 25.5. The number of aromatic amines is 1. The van der Waals surface area contributed by atoms with Gasteiger partial charge in [-0.15, -0.1) is 0 Å². The Morgan fingerprint density at radius 3 is 3.00 bits per heavy atom. The summed E-state index contributed by atoms with van der Waals surface area (Å²) in [6.07, 6.45) is 2.38. The molecule has 18 heavy (non-hydrogen) atoms. The van der Waals surface area contributed by atoms with Crippen LogP contribution in [0, 0.1) is 11.7 Å². The first kappa shape index (κ1) is 11.9. The Hall–Kier alpha value is -1.21. The van der Waals surface area contributed by atoms with Crippen LogP contribution in [0.3, 0.4) is 0 Å². The number of H-pyrrole nitrogens is 1. The Kier molecular flexibility index (Phi) is 2.56. The molecule has 0 amide bonds. The van der Waals surface area contributed by atoms with Gasteiger partial charge in [0.05, 0.1) is 23.1 Å². The van der Waals surface area contributed by atoms with Gasteiger partial charge in [0.15, 0.2) is 20.3 Å². The first-order valence-corrected chi connectivity index (χ1v) is 7.96. The Balaban J connectivity index is 2.18. The predicted molar refractivity (Wildman–Crippen MR) is 72.0 cm³/mol. The summed E-state index contributed by atoms with van der Waals surface area (Å²) in [7, 11) is -2.92. The minimum atomic E-state index is -2.92. The van der Waals surface area contributed by atoms with Gasteiger partial charge in [0, 0.05) is 6.20 Å². The first-order valence-electron chi connectivity index (χ1n) is 5.73. The van der Waals surface area contributed by atoms with E-state index in [0.717, 1.165) is 16.7 Å². The van der Waals surface area contributed by atoms with Crippen molar-refractivity contribution in [3.8, 4) is 0 Å². The molecule has 0 aromatic carbocycles. The second kappa shape index (κ2) is 3.89. The molecule has 0 aliphatic carbocycles.